The molecule has 4 aromatic rings. The van der Waals surface area contributed by atoms with Crippen molar-refractivity contribution in [1.82, 2.24) is 4.57 Å². The Hall–Kier alpha value is -4.54. The van der Waals surface area contributed by atoms with Crippen LogP contribution in [0.15, 0.2) is 75.7 Å². The van der Waals surface area contributed by atoms with Gasteiger partial charge in [0, 0.05) is 0 Å². The van der Waals surface area contributed by atoms with Crippen LogP contribution in [0.3, 0.4) is 0 Å². The lowest BCUT2D eigenvalue weighted by Crippen LogP contribution is -2.39. The predicted molar refractivity (Wildman–Crippen MR) is 171 cm³/mol. The Morgan fingerprint density at radius 1 is 1.04 bits per heavy atom. The first-order valence-electron chi connectivity index (χ1n) is 14.5. The van der Waals surface area contributed by atoms with Crippen LogP contribution < -0.4 is 33.8 Å². The van der Waals surface area contributed by atoms with Gasteiger partial charge in [-0.15, -0.1) is 0 Å². The van der Waals surface area contributed by atoms with Gasteiger partial charge in [0.2, 0.25) is 6.79 Å². The third-order valence-electron chi connectivity index (χ3n) is 7.36. The fourth-order valence-corrected chi connectivity index (χ4v) is 6.59. The van der Waals surface area contributed by atoms with Crippen molar-refractivity contribution in [3.63, 3.8) is 0 Å². The summed E-state index contributed by atoms with van der Waals surface area (Å²) in [5.74, 6) is 1.70. The molecule has 0 saturated carbocycles. The summed E-state index contributed by atoms with van der Waals surface area (Å²) in [6.45, 7) is 8.38. The molecule has 9 nitrogen and oxygen atoms in total. The van der Waals surface area contributed by atoms with Crippen molar-refractivity contribution in [2.45, 2.75) is 40.3 Å². The maximum absolute atomic E-state index is 14.0. The van der Waals surface area contributed by atoms with E-state index in [0.717, 1.165) is 16.7 Å². The lowest BCUT2D eigenvalue weighted by molar-refractivity contribution is -0.139. The van der Waals surface area contributed by atoms with E-state index in [1.807, 2.05) is 56.3 Å². The zero-order valence-electron chi connectivity index (χ0n) is 25.2. The van der Waals surface area contributed by atoms with Crippen LogP contribution in [0.1, 0.15) is 49.1 Å². The van der Waals surface area contributed by atoms with E-state index in [-0.39, 0.29) is 25.6 Å². The van der Waals surface area contributed by atoms with Gasteiger partial charge in [-0.2, -0.15) is 0 Å². The fraction of sp³-hybridized carbons (Fsp3) is 0.265. The first kappa shape index (κ1) is 30.5. The molecule has 2 aliphatic rings. The van der Waals surface area contributed by atoms with E-state index in [1.54, 1.807) is 36.6 Å². The number of fused-ring (bicyclic) bond motifs is 2. The lowest BCUT2D eigenvalue weighted by Gasteiger charge is -2.24. The van der Waals surface area contributed by atoms with E-state index in [9.17, 15) is 9.59 Å². The number of carbonyl (C=O) groups is 1. The SMILES string of the molecule is CCOC(=O)C1=C(C)N=c2s/c(=C/c3cc(Cl)c(OCc4ccc5c(c4)OCO5)c(OCC)c3)c(=O)n2[C@@H]1c1ccc(C)cc1. The number of ether oxygens (including phenoxy) is 5. The Bertz CT molecular complexity index is 2000. The molecule has 0 bridgehead atoms. The van der Waals surface area contributed by atoms with Gasteiger partial charge in [0.1, 0.15) is 6.61 Å². The number of hydrogen-bond acceptors (Lipinski definition) is 9. The number of carbonyl (C=O) groups excluding carboxylic acids is 1. The monoisotopic (exact) mass is 646 g/mol. The van der Waals surface area contributed by atoms with Gasteiger partial charge < -0.3 is 23.7 Å². The molecule has 2 aliphatic heterocycles. The predicted octanol–water partition coefficient (Wildman–Crippen LogP) is 5.47. The Morgan fingerprint density at radius 2 is 1.82 bits per heavy atom. The second kappa shape index (κ2) is 12.8. The third-order valence-corrected chi connectivity index (χ3v) is 8.62. The maximum Gasteiger partial charge on any atom is 0.338 e. The van der Waals surface area contributed by atoms with Crippen molar-refractivity contribution >= 4 is 35.0 Å². The fourth-order valence-electron chi connectivity index (χ4n) is 5.27. The normalized spacial score (nSPS) is 15.5. The third kappa shape index (κ3) is 6.08. The second-order valence-electron chi connectivity index (χ2n) is 10.5. The number of allylic oxidation sites excluding steroid dienone is 1. The van der Waals surface area contributed by atoms with E-state index in [2.05, 4.69) is 4.99 Å². The quantitative estimate of drug-likeness (QED) is 0.223. The summed E-state index contributed by atoms with van der Waals surface area (Å²) in [5.41, 5.74) is 3.95. The van der Waals surface area contributed by atoms with Crippen molar-refractivity contribution in [3.05, 3.63) is 113 Å². The Balaban J connectivity index is 1.38. The summed E-state index contributed by atoms with van der Waals surface area (Å²) in [6.07, 6.45) is 1.75. The number of benzene rings is 3. The highest BCUT2D eigenvalue weighted by Gasteiger charge is 2.33. The highest BCUT2D eigenvalue weighted by atomic mass is 35.5. The molecule has 0 amide bonds. The number of halogens is 1. The van der Waals surface area contributed by atoms with Gasteiger partial charge in [-0.05, 0) is 74.7 Å². The molecule has 0 radical (unpaired) electrons. The summed E-state index contributed by atoms with van der Waals surface area (Å²) >= 11 is 7.97. The Morgan fingerprint density at radius 3 is 2.58 bits per heavy atom. The molecule has 3 aromatic carbocycles. The van der Waals surface area contributed by atoms with Gasteiger partial charge in [0.15, 0.2) is 27.8 Å². The molecule has 1 aromatic heterocycles. The van der Waals surface area contributed by atoms with E-state index < -0.39 is 12.0 Å². The first-order chi connectivity index (χ1) is 21.8. The lowest BCUT2D eigenvalue weighted by atomic mass is 9.95. The van der Waals surface area contributed by atoms with Gasteiger partial charge in [-0.25, -0.2) is 9.79 Å². The molecule has 0 saturated heterocycles. The smallest absolute Gasteiger partial charge is 0.338 e. The molecule has 0 N–H and O–H groups in total. The van der Waals surface area contributed by atoms with Gasteiger partial charge >= 0.3 is 5.97 Å². The molecule has 0 spiro atoms. The van der Waals surface area contributed by atoms with E-state index in [4.69, 9.17) is 35.3 Å². The maximum atomic E-state index is 14.0. The molecule has 6 rings (SSSR count). The summed E-state index contributed by atoms with van der Waals surface area (Å²) < 4.78 is 30.2. The standard InChI is InChI=1S/C34H31ClN2O7S/c1-5-40-27-15-22(13-24(35)31(27)42-17-21-9-12-25-26(14-21)44-18-43-25)16-28-32(38)37-30(23-10-7-19(3)8-11-23)29(33(39)41-6-2)20(4)36-34(37)45-28/h7-16,30H,5-6,17-18H2,1-4H3/b28-16+/t30-/m1/s1. The molecule has 11 heteroatoms. The van der Waals surface area contributed by atoms with E-state index in [0.29, 0.717) is 60.8 Å². The molecule has 0 aliphatic carbocycles. The highest BCUT2D eigenvalue weighted by Crippen LogP contribution is 2.39. The van der Waals surface area contributed by atoms with Crippen LogP contribution in [0.5, 0.6) is 23.0 Å². The minimum absolute atomic E-state index is 0.193. The van der Waals surface area contributed by atoms with Gasteiger partial charge in [0.25, 0.3) is 5.56 Å². The van der Waals surface area contributed by atoms with Crippen LogP contribution in [0.25, 0.3) is 6.08 Å². The molecular weight excluding hydrogens is 616 g/mol. The zero-order valence-corrected chi connectivity index (χ0v) is 26.8. The van der Waals surface area contributed by atoms with Crippen LogP contribution in [-0.2, 0) is 16.1 Å². The van der Waals surface area contributed by atoms with Gasteiger partial charge in [-0.3, -0.25) is 9.36 Å². The number of thiazole rings is 1. The van der Waals surface area contributed by atoms with Crippen molar-refractivity contribution in [2.75, 3.05) is 20.0 Å². The number of rotatable bonds is 9. The first-order valence-corrected chi connectivity index (χ1v) is 15.7. The Labute approximate surface area is 268 Å². The van der Waals surface area contributed by atoms with Crippen LogP contribution in [0.4, 0.5) is 0 Å². The summed E-state index contributed by atoms with van der Waals surface area (Å²) in [5, 5.41) is 0.332. The van der Waals surface area contributed by atoms with Crippen LogP contribution in [-0.4, -0.2) is 30.5 Å². The molecule has 3 heterocycles. The average Bonchev–Trinajstić information content (AvgIpc) is 3.60. The number of aromatic nitrogens is 1. The minimum atomic E-state index is -0.683. The average molecular weight is 647 g/mol. The Kier molecular flexibility index (Phi) is 8.69. The number of nitrogens with zero attached hydrogens (tertiary/aromatic N) is 2. The van der Waals surface area contributed by atoms with E-state index >= 15 is 0 Å². The van der Waals surface area contributed by atoms with Crippen LogP contribution in [0.2, 0.25) is 5.02 Å². The highest BCUT2D eigenvalue weighted by molar-refractivity contribution is 7.07. The molecule has 0 unspecified atom stereocenters. The van der Waals surface area contributed by atoms with E-state index in [1.165, 1.54) is 11.3 Å². The van der Waals surface area contributed by atoms with Crippen molar-refractivity contribution in [2.24, 2.45) is 4.99 Å². The van der Waals surface area contributed by atoms with Crippen LogP contribution >= 0.6 is 22.9 Å². The zero-order chi connectivity index (χ0) is 31.7. The minimum Gasteiger partial charge on any atom is -0.490 e. The molecular formula is C34H31ClN2O7S. The number of hydrogen-bond donors (Lipinski definition) is 0. The summed E-state index contributed by atoms with van der Waals surface area (Å²) in [7, 11) is 0. The van der Waals surface area contributed by atoms with Crippen molar-refractivity contribution < 1.29 is 28.5 Å². The number of aryl methyl sites for hydroxylation is 1. The van der Waals surface area contributed by atoms with Gasteiger partial charge in [-0.1, -0.05) is 58.8 Å². The molecule has 45 heavy (non-hydrogen) atoms. The largest absolute Gasteiger partial charge is 0.490 e. The van der Waals surface area contributed by atoms with Crippen LogP contribution in [0, 0.1) is 6.92 Å². The van der Waals surface area contributed by atoms with Crippen molar-refractivity contribution in [3.8, 4) is 23.0 Å². The van der Waals surface area contributed by atoms with Gasteiger partial charge in [0.05, 0.1) is 40.1 Å². The molecule has 1 atom stereocenters. The molecule has 232 valence electrons. The van der Waals surface area contributed by atoms with Crippen molar-refractivity contribution in [1.29, 1.82) is 0 Å². The summed E-state index contributed by atoms with van der Waals surface area (Å²) in [4.78, 5) is 32.3. The molecule has 0 fully saturated rings. The number of esters is 1. The topological polar surface area (TPSA) is 97.6 Å². The summed E-state index contributed by atoms with van der Waals surface area (Å²) in [6, 6.07) is 16.2. The second-order valence-corrected chi connectivity index (χ2v) is 11.9.